The number of nitrogen functional groups attached to an aromatic ring is 1. The van der Waals surface area contributed by atoms with Gasteiger partial charge in [-0.3, -0.25) is 0 Å². The van der Waals surface area contributed by atoms with Crippen molar-refractivity contribution in [2.75, 3.05) is 17.2 Å². The molecule has 0 saturated carbocycles. The van der Waals surface area contributed by atoms with Crippen molar-refractivity contribution in [1.29, 1.82) is 0 Å². The van der Waals surface area contributed by atoms with Crippen molar-refractivity contribution < 1.29 is 0 Å². The molecule has 1 aliphatic heterocycles. The fourth-order valence-electron chi connectivity index (χ4n) is 2.74. The molecule has 4 nitrogen and oxygen atoms in total. The summed E-state index contributed by atoms with van der Waals surface area (Å²) in [6.07, 6.45) is 2.85. The van der Waals surface area contributed by atoms with Crippen LogP contribution in [-0.2, 0) is 0 Å². The molecule has 2 heterocycles. The van der Waals surface area contributed by atoms with E-state index in [0.717, 1.165) is 17.9 Å². The van der Waals surface area contributed by atoms with Crippen LogP contribution in [0.2, 0.25) is 0 Å². The van der Waals surface area contributed by atoms with E-state index in [0.29, 0.717) is 23.7 Å². The Kier molecular flexibility index (Phi) is 3.22. The molecule has 0 bridgehead atoms. The Hall–Kier alpha value is -1.32. The van der Waals surface area contributed by atoms with Gasteiger partial charge in [0.1, 0.15) is 18.0 Å². The van der Waals surface area contributed by atoms with Gasteiger partial charge in [0.15, 0.2) is 0 Å². The monoisotopic (exact) mass is 234 g/mol. The van der Waals surface area contributed by atoms with Crippen LogP contribution >= 0.6 is 0 Å². The Balaban J connectivity index is 2.34. The van der Waals surface area contributed by atoms with Crippen LogP contribution in [0.1, 0.15) is 32.8 Å². The summed E-state index contributed by atoms with van der Waals surface area (Å²) in [7, 11) is 0. The molecule has 3 atom stereocenters. The first-order chi connectivity index (χ1) is 8.00. The smallest absolute Gasteiger partial charge is 0.137 e. The van der Waals surface area contributed by atoms with Gasteiger partial charge in [0.2, 0.25) is 0 Å². The molecule has 2 rings (SSSR count). The fraction of sp³-hybridized carbons (Fsp3) is 0.692. The van der Waals surface area contributed by atoms with E-state index in [2.05, 4.69) is 35.6 Å². The highest BCUT2D eigenvalue weighted by Gasteiger charge is 2.30. The highest BCUT2D eigenvalue weighted by atomic mass is 15.2. The van der Waals surface area contributed by atoms with E-state index < -0.39 is 0 Å². The van der Waals surface area contributed by atoms with Gasteiger partial charge in [-0.25, -0.2) is 9.97 Å². The van der Waals surface area contributed by atoms with Crippen LogP contribution in [0, 0.1) is 18.8 Å². The second-order valence-corrected chi connectivity index (χ2v) is 5.42. The molecule has 0 spiro atoms. The molecule has 1 aliphatic rings. The van der Waals surface area contributed by atoms with Crippen molar-refractivity contribution in [3.63, 3.8) is 0 Å². The molecule has 3 unspecified atom stereocenters. The quantitative estimate of drug-likeness (QED) is 0.809. The number of piperidine rings is 1. The predicted octanol–water partition coefficient (Wildman–Crippen LogP) is 2.24. The van der Waals surface area contributed by atoms with Crippen LogP contribution < -0.4 is 10.6 Å². The maximum atomic E-state index is 5.86. The minimum atomic E-state index is 0.513. The SMILES string of the molecule is Cc1c(N)ncnc1N1CC(C)CC(C)C1C. The standard InChI is InChI=1S/C13H22N4/c1-8-5-9(2)11(4)17(6-8)13-10(3)12(14)15-7-16-13/h7-9,11H,5-6H2,1-4H3,(H2,14,15,16). The van der Waals surface area contributed by atoms with E-state index >= 15 is 0 Å². The summed E-state index contributed by atoms with van der Waals surface area (Å²) in [5.74, 6) is 2.99. The van der Waals surface area contributed by atoms with Crippen LogP contribution in [0.15, 0.2) is 6.33 Å². The van der Waals surface area contributed by atoms with Crippen molar-refractivity contribution in [3.05, 3.63) is 11.9 Å². The Morgan fingerprint density at radius 2 is 2.00 bits per heavy atom. The number of hydrogen-bond donors (Lipinski definition) is 1. The lowest BCUT2D eigenvalue weighted by molar-refractivity contribution is 0.295. The van der Waals surface area contributed by atoms with Gasteiger partial charge in [-0.1, -0.05) is 13.8 Å². The van der Waals surface area contributed by atoms with Gasteiger partial charge in [0.05, 0.1) is 0 Å². The van der Waals surface area contributed by atoms with Crippen LogP contribution in [0.25, 0.3) is 0 Å². The van der Waals surface area contributed by atoms with Gasteiger partial charge in [-0.15, -0.1) is 0 Å². The first-order valence-corrected chi connectivity index (χ1v) is 6.34. The van der Waals surface area contributed by atoms with Crippen LogP contribution in [-0.4, -0.2) is 22.6 Å². The van der Waals surface area contributed by atoms with Gasteiger partial charge in [0, 0.05) is 18.2 Å². The van der Waals surface area contributed by atoms with E-state index in [1.807, 2.05) is 6.92 Å². The van der Waals surface area contributed by atoms with E-state index in [1.165, 1.54) is 6.42 Å². The van der Waals surface area contributed by atoms with Gasteiger partial charge < -0.3 is 10.6 Å². The number of aromatic nitrogens is 2. The molecule has 0 aliphatic carbocycles. The van der Waals surface area contributed by atoms with E-state index in [4.69, 9.17) is 5.73 Å². The Morgan fingerprint density at radius 1 is 1.29 bits per heavy atom. The highest BCUT2D eigenvalue weighted by molar-refractivity contribution is 5.56. The molecule has 4 heteroatoms. The van der Waals surface area contributed by atoms with Crippen molar-refractivity contribution >= 4 is 11.6 Å². The van der Waals surface area contributed by atoms with Crippen LogP contribution in [0.3, 0.4) is 0 Å². The second kappa shape index (κ2) is 4.51. The van der Waals surface area contributed by atoms with Crippen LogP contribution in [0.5, 0.6) is 0 Å². The largest absolute Gasteiger partial charge is 0.383 e. The number of rotatable bonds is 1. The zero-order chi connectivity index (χ0) is 12.6. The van der Waals surface area contributed by atoms with Crippen molar-refractivity contribution in [2.24, 2.45) is 11.8 Å². The number of anilines is 2. The van der Waals surface area contributed by atoms with Crippen molar-refractivity contribution in [3.8, 4) is 0 Å². The minimum Gasteiger partial charge on any atom is -0.383 e. The summed E-state index contributed by atoms with van der Waals surface area (Å²) in [5, 5.41) is 0. The lowest BCUT2D eigenvalue weighted by atomic mass is 9.86. The molecule has 0 aromatic carbocycles. The first-order valence-electron chi connectivity index (χ1n) is 6.34. The molecule has 17 heavy (non-hydrogen) atoms. The zero-order valence-electron chi connectivity index (χ0n) is 11.1. The summed E-state index contributed by atoms with van der Waals surface area (Å²) in [4.78, 5) is 10.8. The topological polar surface area (TPSA) is 55.0 Å². The maximum absolute atomic E-state index is 5.86. The Bertz CT molecular complexity index is 404. The molecule has 0 amide bonds. The molecule has 0 radical (unpaired) electrons. The summed E-state index contributed by atoms with van der Waals surface area (Å²) < 4.78 is 0. The van der Waals surface area contributed by atoms with Gasteiger partial charge >= 0.3 is 0 Å². The number of nitrogens with two attached hydrogens (primary N) is 1. The molecular weight excluding hydrogens is 212 g/mol. The van der Waals surface area contributed by atoms with E-state index in [9.17, 15) is 0 Å². The maximum Gasteiger partial charge on any atom is 0.137 e. The van der Waals surface area contributed by atoms with E-state index in [1.54, 1.807) is 6.33 Å². The van der Waals surface area contributed by atoms with Gasteiger partial charge in [-0.2, -0.15) is 0 Å². The third-order valence-electron chi connectivity index (χ3n) is 3.97. The first kappa shape index (κ1) is 12.1. The second-order valence-electron chi connectivity index (χ2n) is 5.42. The third kappa shape index (κ3) is 2.21. The zero-order valence-corrected chi connectivity index (χ0v) is 11.1. The van der Waals surface area contributed by atoms with Crippen LogP contribution in [0.4, 0.5) is 11.6 Å². The summed E-state index contributed by atoms with van der Waals surface area (Å²) in [6, 6.07) is 0.513. The molecule has 1 aromatic rings. The molecule has 1 aromatic heterocycles. The third-order valence-corrected chi connectivity index (χ3v) is 3.97. The Labute approximate surface area is 103 Å². The molecule has 1 saturated heterocycles. The molecule has 1 fully saturated rings. The minimum absolute atomic E-state index is 0.513. The lowest BCUT2D eigenvalue weighted by Gasteiger charge is -2.42. The lowest BCUT2D eigenvalue weighted by Crippen LogP contribution is -2.46. The summed E-state index contributed by atoms with van der Waals surface area (Å²) in [5.41, 5.74) is 6.86. The number of nitrogens with zero attached hydrogens (tertiary/aromatic N) is 3. The molecular formula is C13H22N4. The highest BCUT2D eigenvalue weighted by Crippen LogP contribution is 2.32. The Morgan fingerprint density at radius 3 is 2.71 bits per heavy atom. The van der Waals surface area contributed by atoms with Gasteiger partial charge in [-0.05, 0) is 32.1 Å². The number of hydrogen-bond acceptors (Lipinski definition) is 4. The summed E-state index contributed by atoms with van der Waals surface area (Å²) in [6.45, 7) is 9.95. The fourth-order valence-corrected chi connectivity index (χ4v) is 2.74. The average molecular weight is 234 g/mol. The van der Waals surface area contributed by atoms with Gasteiger partial charge in [0.25, 0.3) is 0 Å². The average Bonchev–Trinajstić information content (AvgIpc) is 2.27. The predicted molar refractivity (Wildman–Crippen MR) is 70.9 cm³/mol. The molecule has 94 valence electrons. The summed E-state index contributed by atoms with van der Waals surface area (Å²) >= 11 is 0. The molecule has 2 N–H and O–H groups in total. The van der Waals surface area contributed by atoms with Crippen molar-refractivity contribution in [2.45, 2.75) is 40.2 Å². The normalized spacial score (nSPS) is 29.4. The van der Waals surface area contributed by atoms with E-state index in [-0.39, 0.29) is 0 Å². The van der Waals surface area contributed by atoms with Crippen molar-refractivity contribution in [1.82, 2.24) is 9.97 Å².